The first-order valence-electron chi connectivity index (χ1n) is 13.1. The lowest BCUT2D eigenvalue weighted by atomic mass is 10.0. The summed E-state index contributed by atoms with van der Waals surface area (Å²) in [5.74, 6) is -0.530. The summed E-state index contributed by atoms with van der Waals surface area (Å²) in [4.78, 5) is 32.4. The van der Waals surface area contributed by atoms with Crippen molar-refractivity contribution in [3.05, 3.63) is 54.2 Å². The number of aryl methyl sites for hydroxylation is 1. The highest BCUT2D eigenvalue weighted by Crippen LogP contribution is 2.28. The molecule has 12 heteroatoms. The van der Waals surface area contributed by atoms with Crippen molar-refractivity contribution in [3.8, 4) is 11.3 Å². The number of carbonyl (C=O) groups is 2. The number of fused-ring (bicyclic) bond motifs is 1. The van der Waals surface area contributed by atoms with E-state index in [9.17, 15) is 9.59 Å². The first-order valence-corrected chi connectivity index (χ1v) is 13.1. The van der Waals surface area contributed by atoms with Gasteiger partial charge in [0.2, 0.25) is 5.91 Å². The molecule has 0 saturated carbocycles. The Morgan fingerprint density at radius 3 is 2.77 bits per heavy atom. The Balaban J connectivity index is 1.15. The zero-order valence-corrected chi connectivity index (χ0v) is 22.2. The number of nitrogens with one attached hydrogen (secondary N) is 2. The largest absolute Gasteiger partial charge is 0.377 e. The maximum absolute atomic E-state index is 13.2. The molecule has 6 rings (SSSR count). The van der Waals surface area contributed by atoms with Gasteiger partial charge in [-0.2, -0.15) is 5.10 Å². The fourth-order valence-electron chi connectivity index (χ4n) is 5.02. The third kappa shape index (κ3) is 5.00. The number of rotatable bonds is 7. The number of nitrogens with zero attached hydrogens (tertiary/aromatic N) is 7. The second-order valence-electron chi connectivity index (χ2n) is 10.8. The molecule has 0 aromatic carbocycles. The molecule has 12 nitrogen and oxygen atoms in total. The third-order valence-electron chi connectivity index (χ3n) is 7.55. The van der Waals surface area contributed by atoms with Gasteiger partial charge >= 0.3 is 0 Å². The van der Waals surface area contributed by atoms with Crippen LogP contribution in [0, 0.1) is 6.92 Å². The van der Waals surface area contributed by atoms with Crippen LogP contribution in [-0.4, -0.2) is 78.1 Å². The number of amides is 2. The van der Waals surface area contributed by atoms with Gasteiger partial charge in [-0.1, -0.05) is 5.21 Å². The van der Waals surface area contributed by atoms with E-state index in [1.165, 1.54) is 0 Å². The lowest BCUT2D eigenvalue weighted by Gasteiger charge is -2.30. The van der Waals surface area contributed by atoms with Crippen LogP contribution in [0.3, 0.4) is 0 Å². The molecule has 2 fully saturated rings. The number of likely N-dealkylation sites (tertiary alicyclic amines) is 1. The topological polar surface area (TPSA) is 132 Å². The van der Waals surface area contributed by atoms with Gasteiger partial charge in [0, 0.05) is 23.5 Å². The molecule has 0 atom stereocenters. The number of ether oxygens (including phenoxy) is 1. The first kappa shape index (κ1) is 25.1. The van der Waals surface area contributed by atoms with E-state index in [1.54, 1.807) is 36.0 Å². The molecule has 2 N–H and O–H groups in total. The van der Waals surface area contributed by atoms with E-state index in [1.807, 2.05) is 23.0 Å². The van der Waals surface area contributed by atoms with Crippen LogP contribution in [0.4, 0.5) is 11.4 Å². The van der Waals surface area contributed by atoms with E-state index < -0.39 is 5.91 Å². The molecular formula is C27H31N9O3. The SMILES string of the molecule is Cc1ncc(NC(=O)CN2CCCC2(C)C)cc1NC(=O)c1nnn2cc(-c3ccn(C4COC4)n3)ccc12. The summed E-state index contributed by atoms with van der Waals surface area (Å²) in [7, 11) is 0. The fraction of sp³-hybridized carbons (Fsp3) is 0.407. The fourth-order valence-corrected chi connectivity index (χ4v) is 5.02. The molecule has 0 spiro atoms. The average Bonchev–Trinajstić information content (AvgIpc) is 3.59. The van der Waals surface area contributed by atoms with Crippen molar-refractivity contribution in [1.82, 2.24) is 34.5 Å². The molecule has 2 amide bonds. The van der Waals surface area contributed by atoms with E-state index in [-0.39, 0.29) is 23.2 Å². The van der Waals surface area contributed by atoms with Gasteiger partial charge in [0.15, 0.2) is 5.69 Å². The maximum Gasteiger partial charge on any atom is 0.278 e. The van der Waals surface area contributed by atoms with E-state index in [0.29, 0.717) is 42.3 Å². The second-order valence-corrected chi connectivity index (χ2v) is 10.8. The van der Waals surface area contributed by atoms with Crippen LogP contribution in [0.25, 0.3) is 16.8 Å². The summed E-state index contributed by atoms with van der Waals surface area (Å²) in [6.45, 7) is 8.66. The van der Waals surface area contributed by atoms with E-state index in [0.717, 1.165) is 30.6 Å². The van der Waals surface area contributed by atoms with Crippen molar-refractivity contribution in [2.24, 2.45) is 0 Å². The van der Waals surface area contributed by atoms with E-state index >= 15 is 0 Å². The second kappa shape index (κ2) is 9.86. The standard InChI is InChI=1S/C27H31N9O3/c1-17-22(11-19(12-28-17)29-24(37)14-34-9-4-8-27(34,2)3)30-26(38)25-23-6-5-18(13-36(23)33-31-25)21-7-10-35(32-21)20-15-39-16-20/h5-7,10-13,20H,4,8-9,14-16H2,1-3H3,(H,29,37)(H,30,38). The zero-order valence-electron chi connectivity index (χ0n) is 22.2. The zero-order chi connectivity index (χ0) is 27.1. The molecule has 202 valence electrons. The van der Waals surface area contributed by atoms with Gasteiger partial charge in [-0.05, 0) is 64.4 Å². The molecule has 2 aliphatic heterocycles. The Kier molecular flexibility index (Phi) is 6.35. The van der Waals surface area contributed by atoms with Gasteiger partial charge in [-0.3, -0.25) is 24.2 Å². The van der Waals surface area contributed by atoms with Crippen molar-refractivity contribution >= 4 is 28.7 Å². The number of hydrogen-bond acceptors (Lipinski definition) is 8. The van der Waals surface area contributed by atoms with Gasteiger partial charge in [0.1, 0.15) is 0 Å². The summed E-state index contributed by atoms with van der Waals surface area (Å²) in [6, 6.07) is 7.62. The van der Waals surface area contributed by atoms with Crippen molar-refractivity contribution in [3.63, 3.8) is 0 Å². The molecule has 2 aliphatic rings. The van der Waals surface area contributed by atoms with Crippen LogP contribution >= 0.6 is 0 Å². The minimum absolute atomic E-state index is 0.0111. The van der Waals surface area contributed by atoms with Gasteiger partial charge in [-0.15, -0.1) is 5.10 Å². The molecule has 4 aromatic heterocycles. The summed E-state index contributed by atoms with van der Waals surface area (Å²) in [5.41, 5.74) is 4.05. The summed E-state index contributed by atoms with van der Waals surface area (Å²) in [5, 5.41) is 18.7. The lowest BCUT2D eigenvalue weighted by Crippen LogP contribution is -2.42. The highest BCUT2D eigenvalue weighted by molar-refractivity contribution is 6.08. The number of hydrogen-bond donors (Lipinski definition) is 2. The molecule has 0 unspecified atom stereocenters. The normalized spacial score (nSPS) is 17.3. The van der Waals surface area contributed by atoms with Crippen molar-refractivity contribution < 1.29 is 14.3 Å². The van der Waals surface area contributed by atoms with Gasteiger partial charge in [0.05, 0.1) is 60.3 Å². The summed E-state index contributed by atoms with van der Waals surface area (Å²) >= 11 is 0. The molecule has 0 bridgehead atoms. The molecule has 2 saturated heterocycles. The van der Waals surface area contributed by atoms with Crippen molar-refractivity contribution in [2.75, 3.05) is 36.9 Å². The summed E-state index contributed by atoms with van der Waals surface area (Å²) < 4.78 is 8.72. The van der Waals surface area contributed by atoms with Crippen LogP contribution in [-0.2, 0) is 9.53 Å². The van der Waals surface area contributed by atoms with Crippen LogP contribution in [0.1, 0.15) is 48.9 Å². The first-order chi connectivity index (χ1) is 18.8. The Morgan fingerprint density at radius 2 is 2.03 bits per heavy atom. The van der Waals surface area contributed by atoms with Crippen LogP contribution in [0.2, 0.25) is 0 Å². The monoisotopic (exact) mass is 529 g/mol. The molecule has 0 aliphatic carbocycles. The van der Waals surface area contributed by atoms with Crippen molar-refractivity contribution in [2.45, 2.75) is 45.2 Å². The Morgan fingerprint density at radius 1 is 1.18 bits per heavy atom. The minimum Gasteiger partial charge on any atom is -0.377 e. The number of carbonyl (C=O) groups excluding carboxylic acids is 2. The summed E-state index contributed by atoms with van der Waals surface area (Å²) in [6.07, 6.45) is 7.48. The van der Waals surface area contributed by atoms with Gasteiger partial charge in [0.25, 0.3) is 5.91 Å². The quantitative estimate of drug-likeness (QED) is 0.374. The molecule has 39 heavy (non-hydrogen) atoms. The van der Waals surface area contributed by atoms with E-state index in [2.05, 4.69) is 49.8 Å². The van der Waals surface area contributed by atoms with E-state index in [4.69, 9.17) is 4.74 Å². The maximum atomic E-state index is 13.2. The van der Waals surface area contributed by atoms with Crippen LogP contribution in [0.15, 0.2) is 42.9 Å². The average molecular weight is 530 g/mol. The predicted octanol–water partition coefficient (Wildman–Crippen LogP) is 2.93. The Hall–Kier alpha value is -4.16. The smallest absolute Gasteiger partial charge is 0.278 e. The Labute approximate surface area is 225 Å². The third-order valence-corrected chi connectivity index (χ3v) is 7.55. The van der Waals surface area contributed by atoms with Gasteiger partial charge < -0.3 is 15.4 Å². The molecule has 0 radical (unpaired) electrons. The minimum atomic E-state index is -0.417. The van der Waals surface area contributed by atoms with Crippen LogP contribution < -0.4 is 10.6 Å². The van der Waals surface area contributed by atoms with Crippen LogP contribution in [0.5, 0.6) is 0 Å². The highest BCUT2D eigenvalue weighted by atomic mass is 16.5. The predicted molar refractivity (Wildman–Crippen MR) is 145 cm³/mol. The molecular weight excluding hydrogens is 498 g/mol. The highest BCUT2D eigenvalue weighted by Gasteiger charge is 2.33. The molecule has 4 aromatic rings. The van der Waals surface area contributed by atoms with Gasteiger partial charge in [-0.25, -0.2) is 4.52 Å². The number of pyridine rings is 2. The Bertz CT molecular complexity index is 1550. The number of aromatic nitrogens is 6. The lowest BCUT2D eigenvalue weighted by molar-refractivity contribution is -0.118. The molecule has 6 heterocycles. The number of anilines is 2. The van der Waals surface area contributed by atoms with Crippen molar-refractivity contribution in [1.29, 1.82) is 0 Å².